The molecule has 0 aliphatic carbocycles. The number of methoxy groups -OCH3 is 1. The molecule has 1 aliphatic heterocycles. The Balaban J connectivity index is 2.13. The summed E-state index contributed by atoms with van der Waals surface area (Å²) in [6.45, 7) is 6.46. The molecule has 1 aromatic rings. The first-order chi connectivity index (χ1) is 8.56. The van der Waals surface area contributed by atoms with Gasteiger partial charge in [-0.1, -0.05) is 18.7 Å². The highest BCUT2D eigenvalue weighted by Gasteiger charge is 2.28. The Morgan fingerprint density at radius 1 is 1.50 bits per heavy atom. The topological polar surface area (TPSA) is 33.6 Å². The van der Waals surface area contributed by atoms with Crippen LogP contribution in [0, 0.1) is 6.92 Å². The van der Waals surface area contributed by atoms with Gasteiger partial charge in [-0.15, -0.1) is 0 Å². The normalized spacial score (nSPS) is 22.8. The smallest absolute Gasteiger partial charge is 0.161 e. The van der Waals surface area contributed by atoms with Crippen LogP contribution in [0.1, 0.15) is 25.8 Å². The molecule has 4 heteroatoms. The fourth-order valence-corrected chi connectivity index (χ4v) is 2.98. The van der Waals surface area contributed by atoms with Gasteiger partial charge in [-0.25, -0.2) is 0 Å². The first-order valence-electron chi connectivity index (χ1n) is 6.20. The quantitative estimate of drug-likeness (QED) is 0.904. The standard InChI is InChI=1S/C14H20N2OS/c1-5-14(3)9-18-13(16-14)15-12-7-6-11(17-4)8-10(12)2/h6-8H,5,9H2,1-4H3,(H,15,16). The maximum absolute atomic E-state index is 5.21. The van der Waals surface area contributed by atoms with Crippen LogP contribution < -0.4 is 10.1 Å². The van der Waals surface area contributed by atoms with Crippen molar-refractivity contribution in [2.45, 2.75) is 32.7 Å². The van der Waals surface area contributed by atoms with Gasteiger partial charge in [0.15, 0.2) is 5.17 Å². The molecule has 0 amide bonds. The number of amidine groups is 1. The number of aliphatic imine (C=N–C) groups is 1. The first-order valence-corrected chi connectivity index (χ1v) is 7.19. The average molecular weight is 264 g/mol. The lowest BCUT2D eigenvalue weighted by Crippen LogP contribution is -2.20. The third kappa shape index (κ3) is 2.80. The van der Waals surface area contributed by atoms with Crippen molar-refractivity contribution in [3.63, 3.8) is 0 Å². The number of ether oxygens (including phenoxy) is 1. The largest absolute Gasteiger partial charge is 0.497 e. The monoisotopic (exact) mass is 264 g/mol. The maximum Gasteiger partial charge on any atom is 0.161 e. The number of hydrogen-bond donors (Lipinski definition) is 1. The van der Waals surface area contributed by atoms with Crippen LogP contribution in [0.3, 0.4) is 0 Å². The summed E-state index contributed by atoms with van der Waals surface area (Å²) < 4.78 is 5.21. The zero-order valence-electron chi connectivity index (χ0n) is 11.4. The molecular weight excluding hydrogens is 244 g/mol. The van der Waals surface area contributed by atoms with Crippen LogP contribution >= 0.6 is 11.8 Å². The van der Waals surface area contributed by atoms with E-state index < -0.39 is 0 Å². The molecule has 0 saturated heterocycles. The first kappa shape index (κ1) is 13.3. The number of rotatable bonds is 3. The van der Waals surface area contributed by atoms with Crippen LogP contribution in [0.4, 0.5) is 5.69 Å². The highest BCUT2D eigenvalue weighted by Crippen LogP contribution is 2.31. The van der Waals surface area contributed by atoms with Crippen LogP contribution in [-0.2, 0) is 0 Å². The molecule has 0 radical (unpaired) electrons. The van der Waals surface area contributed by atoms with Crippen molar-refractivity contribution in [2.75, 3.05) is 18.2 Å². The van der Waals surface area contributed by atoms with E-state index in [9.17, 15) is 0 Å². The fraction of sp³-hybridized carbons (Fsp3) is 0.500. The van der Waals surface area contributed by atoms with Gasteiger partial charge >= 0.3 is 0 Å². The molecule has 0 spiro atoms. The van der Waals surface area contributed by atoms with Gasteiger partial charge in [-0.05, 0) is 44.0 Å². The van der Waals surface area contributed by atoms with Crippen molar-refractivity contribution in [3.8, 4) is 5.75 Å². The summed E-state index contributed by atoms with van der Waals surface area (Å²) in [5.41, 5.74) is 2.36. The maximum atomic E-state index is 5.21. The summed E-state index contributed by atoms with van der Waals surface area (Å²) >= 11 is 1.80. The van der Waals surface area contributed by atoms with Crippen LogP contribution in [-0.4, -0.2) is 23.6 Å². The van der Waals surface area contributed by atoms with Crippen molar-refractivity contribution < 1.29 is 4.74 Å². The predicted octanol–water partition coefficient (Wildman–Crippen LogP) is 3.69. The van der Waals surface area contributed by atoms with Gasteiger partial charge in [0.2, 0.25) is 0 Å². The molecule has 0 bridgehead atoms. The Morgan fingerprint density at radius 3 is 2.83 bits per heavy atom. The molecular formula is C14H20N2OS. The van der Waals surface area contributed by atoms with Crippen molar-refractivity contribution in [2.24, 2.45) is 4.99 Å². The number of nitrogens with one attached hydrogen (secondary N) is 1. The van der Waals surface area contributed by atoms with E-state index in [1.54, 1.807) is 18.9 Å². The molecule has 0 aromatic heterocycles. The van der Waals surface area contributed by atoms with E-state index >= 15 is 0 Å². The summed E-state index contributed by atoms with van der Waals surface area (Å²) in [6, 6.07) is 6.04. The predicted molar refractivity (Wildman–Crippen MR) is 79.9 cm³/mol. The molecule has 3 nitrogen and oxygen atoms in total. The van der Waals surface area contributed by atoms with Crippen LogP contribution in [0.5, 0.6) is 5.75 Å². The Bertz CT molecular complexity index is 473. The van der Waals surface area contributed by atoms with Gasteiger partial charge in [0, 0.05) is 11.4 Å². The van der Waals surface area contributed by atoms with E-state index in [0.717, 1.165) is 28.8 Å². The van der Waals surface area contributed by atoms with E-state index in [1.807, 2.05) is 18.2 Å². The van der Waals surface area contributed by atoms with E-state index in [1.165, 1.54) is 5.56 Å². The SMILES string of the molecule is CCC1(C)CSC(Nc2ccc(OC)cc2C)=N1. The second kappa shape index (κ2) is 5.22. The molecule has 1 atom stereocenters. The number of thioether (sulfide) groups is 1. The lowest BCUT2D eigenvalue weighted by molar-refractivity contribution is 0.414. The lowest BCUT2D eigenvalue weighted by atomic mass is 10.0. The second-order valence-corrected chi connectivity index (χ2v) is 5.83. The molecule has 0 fully saturated rings. The van der Waals surface area contributed by atoms with Gasteiger partial charge in [0.1, 0.15) is 5.75 Å². The summed E-state index contributed by atoms with van der Waals surface area (Å²) in [7, 11) is 1.69. The molecule has 1 aromatic carbocycles. The van der Waals surface area contributed by atoms with Crippen LogP contribution in [0.25, 0.3) is 0 Å². The Morgan fingerprint density at radius 2 is 2.28 bits per heavy atom. The Hall–Kier alpha value is -1.16. The van der Waals surface area contributed by atoms with Gasteiger partial charge in [-0.2, -0.15) is 0 Å². The van der Waals surface area contributed by atoms with Crippen LogP contribution in [0.2, 0.25) is 0 Å². The van der Waals surface area contributed by atoms with Crippen molar-refractivity contribution in [1.82, 2.24) is 0 Å². The van der Waals surface area contributed by atoms with Gasteiger partial charge < -0.3 is 10.1 Å². The number of anilines is 1. The van der Waals surface area contributed by atoms with E-state index in [0.29, 0.717) is 0 Å². The second-order valence-electron chi connectivity index (χ2n) is 4.86. The molecule has 1 heterocycles. The molecule has 98 valence electrons. The molecule has 1 unspecified atom stereocenters. The average Bonchev–Trinajstić information content (AvgIpc) is 2.74. The number of aryl methyl sites for hydroxylation is 1. The Labute approximate surface area is 113 Å². The highest BCUT2D eigenvalue weighted by atomic mass is 32.2. The van der Waals surface area contributed by atoms with E-state index in [2.05, 4.69) is 26.1 Å². The third-order valence-corrected chi connectivity index (χ3v) is 4.56. The highest BCUT2D eigenvalue weighted by molar-refractivity contribution is 8.14. The van der Waals surface area contributed by atoms with Crippen molar-refractivity contribution in [1.29, 1.82) is 0 Å². The number of nitrogens with zero attached hydrogens (tertiary/aromatic N) is 1. The number of hydrogen-bond acceptors (Lipinski definition) is 4. The molecule has 1 aliphatic rings. The summed E-state index contributed by atoms with van der Waals surface area (Å²) in [6.07, 6.45) is 1.08. The summed E-state index contributed by atoms with van der Waals surface area (Å²) in [5, 5.41) is 4.43. The zero-order valence-corrected chi connectivity index (χ0v) is 12.2. The summed E-state index contributed by atoms with van der Waals surface area (Å²) in [5.74, 6) is 1.94. The summed E-state index contributed by atoms with van der Waals surface area (Å²) in [4.78, 5) is 4.75. The van der Waals surface area contributed by atoms with Crippen molar-refractivity contribution in [3.05, 3.63) is 23.8 Å². The van der Waals surface area contributed by atoms with Gasteiger partial charge in [0.05, 0.1) is 12.6 Å². The molecule has 18 heavy (non-hydrogen) atoms. The minimum absolute atomic E-state index is 0.0906. The molecule has 2 rings (SSSR count). The fourth-order valence-electron chi connectivity index (χ4n) is 1.80. The van der Waals surface area contributed by atoms with Crippen LogP contribution in [0.15, 0.2) is 23.2 Å². The minimum Gasteiger partial charge on any atom is -0.497 e. The van der Waals surface area contributed by atoms with Gasteiger partial charge in [-0.3, -0.25) is 4.99 Å². The molecule has 0 saturated carbocycles. The molecule has 1 N–H and O–H groups in total. The van der Waals surface area contributed by atoms with E-state index in [-0.39, 0.29) is 5.54 Å². The Kier molecular flexibility index (Phi) is 3.85. The minimum atomic E-state index is 0.0906. The van der Waals surface area contributed by atoms with E-state index in [4.69, 9.17) is 9.73 Å². The van der Waals surface area contributed by atoms with Crippen molar-refractivity contribution >= 4 is 22.6 Å². The zero-order chi connectivity index (χ0) is 13.2. The third-order valence-electron chi connectivity index (χ3n) is 3.33. The number of benzene rings is 1. The van der Waals surface area contributed by atoms with Gasteiger partial charge in [0.25, 0.3) is 0 Å². The lowest BCUT2D eigenvalue weighted by Gasteiger charge is -2.15.